The maximum Gasteiger partial charge on any atom is 0.389 e. The summed E-state index contributed by atoms with van der Waals surface area (Å²) in [5, 5.41) is 3.69. The Labute approximate surface area is 115 Å². The number of hydrogen-bond donors (Lipinski definition) is 1. The Morgan fingerprint density at radius 1 is 1.26 bits per heavy atom. The van der Waals surface area contributed by atoms with Gasteiger partial charge in [0.05, 0.1) is 7.11 Å². The van der Waals surface area contributed by atoms with Crippen molar-refractivity contribution in [2.45, 2.75) is 32.0 Å². The number of rotatable bonds is 7. The Morgan fingerprint density at radius 3 is 2.63 bits per heavy atom. The van der Waals surface area contributed by atoms with E-state index in [-0.39, 0.29) is 6.42 Å². The second-order valence-electron chi connectivity index (χ2n) is 4.21. The van der Waals surface area contributed by atoms with Gasteiger partial charge in [-0.3, -0.25) is 0 Å². The number of nitrogens with one attached hydrogen (secondary N) is 1. The summed E-state index contributed by atoms with van der Waals surface area (Å²) in [6.07, 6.45) is -4.16. The van der Waals surface area contributed by atoms with Gasteiger partial charge in [0.2, 0.25) is 0 Å². The van der Waals surface area contributed by atoms with Crippen molar-refractivity contribution < 1.29 is 17.9 Å². The van der Waals surface area contributed by atoms with Crippen molar-refractivity contribution in [3.05, 3.63) is 28.8 Å². The molecule has 2 nitrogen and oxygen atoms in total. The van der Waals surface area contributed by atoms with E-state index in [1.807, 2.05) is 0 Å². The lowest BCUT2D eigenvalue weighted by Crippen LogP contribution is -2.16. The molecule has 0 spiro atoms. The number of unbranched alkanes of at least 4 members (excludes halogenated alkanes) is 1. The molecule has 0 saturated carbocycles. The van der Waals surface area contributed by atoms with Crippen LogP contribution in [0.25, 0.3) is 0 Å². The lowest BCUT2D eigenvalue weighted by atomic mass is 10.2. The summed E-state index contributed by atoms with van der Waals surface area (Å²) in [4.78, 5) is 0. The van der Waals surface area contributed by atoms with Crippen LogP contribution in [0.4, 0.5) is 13.2 Å². The lowest BCUT2D eigenvalue weighted by molar-refractivity contribution is -0.135. The first-order valence-electron chi connectivity index (χ1n) is 6.02. The topological polar surface area (TPSA) is 21.3 Å². The fourth-order valence-corrected chi connectivity index (χ4v) is 1.88. The van der Waals surface area contributed by atoms with Crippen molar-refractivity contribution in [1.82, 2.24) is 5.32 Å². The smallest absolute Gasteiger partial charge is 0.389 e. The molecule has 0 unspecified atom stereocenters. The van der Waals surface area contributed by atoms with E-state index >= 15 is 0 Å². The molecule has 0 atom stereocenters. The Balaban J connectivity index is 2.28. The molecule has 0 aliphatic carbocycles. The molecular weight excluding hydrogens is 279 g/mol. The normalized spacial score (nSPS) is 11.6. The van der Waals surface area contributed by atoms with Crippen molar-refractivity contribution in [1.29, 1.82) is 0 Å². The summed E-state index contributed by atoms with van der Waals surface area (Å²) in [6, 6.07) is 5.28. The van der Waals surface area contributed by atoms with E-state index in [4.69, 9.17) is 16.3 Å². The average molecular weight is 296 g/mol. The minimum Gasteiger partial charge on any atom is -0.496 e. The Bertz CT molecular complexity index is 396. The quantitative estimate of drug-likeness (QED) is 0.762. The van der Waals surface area contributed by atoms with Crippen LogP contribution >= 0.6 is 11.6 Å². The van der Waals surface area contributed by atoms with Crippen LogP contribution in [0, 0.1) is 0 Å². The summed E-state index contributed by atoms with van der Waals surface area (Å²) >= 11 is 5.88. The number of methoxy groups -OCH3 is 1. The highest BCUT2D eigenvalue weighted by molar-refractivity contribution is 6.30. The van der Waals surface area contributed by atoms with Gasteiger partial charge in [0.1, 0.15) is 5.75 Å². The Morgan fingerprint density at radius 2 is 2.00 bits per heavy atom. The van der Waals surface area contributed by atoms with E-state index in [2.05, 4.69) is 5.32 Å². The van der Waals surface area contributed by atoms with E-state index in [1.165, 1.54) is 0 Å². The van der Waals surface area contributed by atoms with Gasteiger partial charge in [0.25, 0.3) is 0 Å². The summed E-state index contributed by atoms with van der Waals surface area (Å²) in [5.74, 6) is 0.715. The Hall–Kier alpha value is -0.940. The third-order valence-corrected chi connectivity index (χ3v) is 2.86. The number of hydrogen-bond acceptors (Lipinski definition) is 2. The SMILES string of the molecule is COc1ccc(Cl)cc1CNCCCCC(F)(F)F. The first-order chi connectivity index (χ1) is 8.92. The van der Waals surface area contributed by atoms with Gasteiger partial charge in [0.15, 0.2) is 0 Å². The van der Waals surface area contributed by atoms with Gasteiger partial charge in [-0.05, 0) is 37.6 Å². The molecule has 1 N–H and O–H groups in total. The highest BCUT2D eigenvalue weighted by Gasteiger charge is 2.25. The summed E-state index contributed by atoms with van der Waals surface area (Å²) in [7, 11) is 1.57. The van der Waals surface area contributed by atoms with E-state index in [0.29, 0.717) is 30.3 Å². The maximum absolute atomic E-state index is 11.9. The minimum atomic E-state index is -4.06. The van der Waals surface area contributed by atoms with Gasteiger partial charge in [0, 0.05) is 23.6 Å². The standard InChI is InChI=1S/C13H17ClF3NO/c1-19-12-5-4-11(14)8-10(12)9-18-7-3-2-6-13(15,16)17/h4-5,8,18H,2-3,6-7,9H2,1H3. The highest BCUT2D eigenvalue weighted by atomic mass is 35.5. The third kappa shape index (κ3) is 6.68. The van der Waals surface area contributed by atoms with Gasteiger partial charge in [-0.15, -0.1) is 0 Å². The molecule has 0 saturated heterocycles. The van der Waals surface area contributed by atoms with Crippen molar-refractivity contribution in [2.75, 3.05) is 13.7 Å². The molecule has 1 aromatic rings. The van der Waals surface area contributed by atoms with Gasteiger partial charge < -0.3 is 10.1 Å². The number of alkyl halides is 3. The molecule has 0 heterocycles. The zero-order valence-electron chi connectivity index (χ0n) is 10.7. The minimum absolute atomic E-state index is 0.142. The first kappa shape index (κ1) is 16.1. The van der Waals surface area contributed by atoms with E-state index in [9.17, 15) is 13.2 Å². The fourth-order valence-electron chi connectivity index (χ4n) is 1.68. The lowest BCUT2D eigenvalue weighted by Gasteiger charge is -2.10. The molecule has 0 aromatic heterocycles. The second kappa shape index (κ2) is 7.60. The predicted molar refractivity (Wildman–Crippen MR) is 69.6 cm³/mol. The molecule has 0 amide bonds. The summed E-state index contributed by atoms with van der Waals surface area (Å²) in [5.41, 5.74) is 0.894. The van der Waals surface area contributed by atoms with Crippen LogP contribution in [0.15, 0.2) is 18.2 Å². The summed E-state index contributed by atoms with van der Waals surface area (Å²) in [6.45, 7) is 1.06. The summed E-state index contributed by atoms with van der Waals surface area (Å²) < 4.78 is 40.9. The van der Waals surface area contributed by atoms with Crippen LogP contribution in [0.1, 0.15) is 24.8 Å². The van der Waals surface area contributed by atoms with Crippen LogP contribution in [-0.4, -0.2) is 19.8 Å². The van der Waals surface area contributed by atoms with Gasteiger partial charge >= 0.3 is 6.18 Å². The van der Waals surface area contributed by atoms with Crippen molar-refractivity contribution in [3.8, 4) is 5.75 Å². The fraction of sp³-hybridized carbons (Fsp3) is 0.538. The second-order valence-corrected chi connectivity index (χ2v) is 4.64. The van der Waals surface area contributed by atoms with Gasteiger partial charge in [-0.25, -0.2) is 0 Å². The molecule has 0 fully saturated rings. The molecule has 6 heteroatoms. The maximum atomic E-state index is 11.9. The van der Waals surface area contributed by atoms with E-state index in [0.717, 1.165) is 5.56 Å². The zero-order valence-corrected chi connectivity index (χ0v) is 11.4. The van der Waals surface area contributed by atoms with Crippen LogP contribution in [0.5, 0.6) is 5.75 Å². The third-order valence-electron chi connectivity index (χ3n) is 2.62. The van der Waals surface area contributed by atoms with Crippen molar-refractivity contribution >= 4 is 11.6 Å². The molecule has 108 valence electrons. The largest absolute Gasteiger partial charge is 0.496 e. The molecule has 0 aliphatic rings. The van der Waals surface area contributed by atoms with Crippen molar-refractivity contribution in [2.24, 2.45) is 0 Å². The van der Waals surface area contributed by atoms with E-state index < -0.39 is 12.6 Å². The Kier molecular flexibility index (Phi) is 6.45. The van der Waals surface area contributed by atoms with Crippen LogP contribution in [0.2, 0.25) is 5.02 Å². The number of ether oxygens (including phenoxy) is 1. The molecule has 1 rings (SSSR count). The average Bonchev–Trinajstić information content (AvgIpc) is 2.32. The molecule has 19 heavy (non-hydrogen) atoms. The molecule has 0 radical (unpaired) electrons. The van der Waals surface area contributed by atoms with Crippen LogP contribution in [-0.2, 0) is 6.54 Å². The van der Waals surface area contributed by atoms with Gasteiger partial charge in [-0.2, -0.15) is 13.2 Å². The predicted octanol–water partition coefficient (Wildman–Crippen LogP) is 4.17. The molecule has 0 bridgehead atoms. The van der Waals surface area contributed by atoms with Crippen molar-refractivity contribution in [3.63, 3.8) is 0 Å². The van der Waals surface area contributed by atoms with Gasteiger partial charge in [-0.1, -0.05) is 11.6 Å². The van der Waals surface area contributed by atoms with E-state index in [1.54, 1.807) is 25.3 Å². The highest BCUT2D eigenvalue weighted by Crippen LogP contribution is 2.23. The van der Waals surface area contributed by atoms with Crippen LogP contribution < -0.4 is 10.1 Å². The molecular formula is C13H17ClF3NO. The number of halogens is 4. The zero-order chi connectivity index (χ0) is 14.3. The number of benzene rings is 1. The molecule has 0 aliphatic heterocycles. The monoisotopic (exact) mass is 295 g/mol. The first-order valence-corrected chi connectivity index (χ1v) is 6.40. The molecule has 1 aromatic carbocycles. The van der Waals surface area contributed by atoms with Crippen LogP contribution in [0.3, 0.4) is 0 Å².